The lowest BCUT2D eigenvalue weighted by molar-refractivity contribution is -0.275. The van der Waals surface area contributed by atoms with E-state index in [9.17, 15) is 18.0 Å². The van der Waals surface area contributed by atoms with Crippen LogP contribution >= 0.6 is 0 Å². The molecule has 0 saturated carbocycles. The molecule has 0 spiro atoms. The highest BCUT2D eigenvalue weighted by molar-refractivity contribution is 5.72. The molecule has 0 bridgehead atoms. The number of halogens is 3. The van der Waals surface area contributed by atoms with Crippen molar-refractivity contribution in [1.29, 1.82) is 0 Å². The highest BCUT2D eigenvalue weighted by atomic mass is 19.4. The molecule has 0 aromatic carbocycles. The minimum Gasteiger partial charge on any atom is -0.469 e. The molecule has 1 rings (SSSR count). The summed E-state index contributed by atoms with van der Waals surface area (Å²) >= 11 is 0. The Morgan fingerprint density at radius 1 is 1.47 bits per heavy atom. The largest absolute Gasteiger partial charge is 0.573 e. The average molecular weight is 278 g/mol. The van der Waals surface area contributed by atoms with Gasteiger partial charge in [0, 0.05) is 6.54 Å². The third kappa shape index (κ3) is 4.09. The summed E-state index contributed by atoms with van der Waals surface area (Å²) in [7, 11) is 1.21. The standard InChI is InChI=1S/C11H13F3N2O3/c1-6-7(4-15)8(3-10(17)18-2)16-5-9(6)19-11(12,13)14/h5H,3-4,15H2,1-2H3. The highest BCUT2D eigenvalue weighted by Gasteiger charge is 2.32. The van der Waals surface area contributed by atoms with Crippen molar-refractivity contribution in [3.8, 4) is 5.75 Å². The predicted octanol–water partition coefficient (Wildman–Crippen LogP) is 1.46. The molecule has 0 radical (unpaired) electrons. The zero-order valence-corrected chi connectivity index (χ0v) is 10.4. The topological polar surface area (TPSA) is 74.4 Å². The van der Waals surface area contributed by atoms with Crippen LogP contribution in [0.25, 0.3) is 0 Å². The molecule has 1 aromatic rings. The Hall–Kier alpha value is -1.83. The van der Waals surface area contributed by atoms with Crippen molar-refractivity contribution in [3.63, 3.8) is 0 Å². The van der Waals surface area contributed by atoms with Gasteiger partial charge in [-0.15, -0.1) is 13.2 Å². The van der Waals surface area contributed by atoms with Gasteiger partial charge in [0.1, 0.15) is 0 Å². The van der Waals surface area contributed by atoms with Crippen molar-refractivity contribution >= 4 is 5.97 Å². The molecule has 0 unspecified atom stereocenters. The number of hydrogen-bond acceptors (Lipinski definition) is 5. The van der Waals surface area contributed by atoms with Crippen LogP contribution in [-0.4, -0.2) is 24.4 Å². The van der Waals surface area contributed by atoms with Crippen LogP contribution in [-0.2, 0) is 22.5 Å². The maximum absolute atomic E-state index is 12.2. The number of methoxy groups -OCH3 is 1. The van der Waals surface area contributed by atoms with Gasteiger partial charge in [-0.05, 0) is 18.1 Å². The molecule has 1 heterocycles. The van der Waals surface area contributed by atoms with E-state index in [2.05, 4.69) is 14.5 Å². The normalized spacial score (nSPS) is 11.3. The van der Waals surface area contributed by atoms with Crippen LogP contribution in [0.3, 0.4) is 0 Å². The van der Waals surface area contributed by atoms with Crippen LogP contribution in [0.4, 0.5) is 13.2 Å². The molecule has 0 fully saturated rings. The van der Waals surface area contributed by atoms with E-state index in [1.165, 1.54) is 14.0 Å². The average Bonchev–Trinajstić information content (AvgIpc) is 2.31. The summed E-state index contributed by atoms with van der Waals surface area (Å²) < 4.78 is 44.8. The highest BCUT2D eigenvalue weighted by Crippen LogP contribution is 2.28. The number of nitrogens with two attached hydrogens (primary N) is 1. The third-order valence-electron chi connectivity index (χ3n) is 2.48. The Balaban J connectivity index is 3.12. The maximum Gasteiger partial charge on any atom is 0.573 e. The number of carbonyl (C=O) groups is 1. The van der Waals surface area contributed by atoms with Gasteiger partial charge in [0.15, 0.2) is 5.75 Å². The van der Waals surface area contributed by atoms with Crippen LogP contribution in [0.15, 0.2) is 6.20 Å². The van der Waals surface area contributed by atoms with Gasteiger partial charge in [0.05, 0.1) is 25.4 Å². The van der Waals surface area contributed by atoms with Crippen LogP contribution in [0, 0.1) is 6.92 Å². The zero-order chi connectivity index (χ0) is 14.6. The van der Waals surface area contributed by atoms with Gasteiger partial charge in [-0.1, -0.05) is 0 Å². The molecule has 0 amide bonds. The summed E-state index contributed by atoms with van der Waals surface area (Å²) in [6, 6.07) is 0. The van der Waals surface area contributed by atoms with Crippen LogP contribution < -0.4 is 10.5 Å². The van der Waals surface area contributed by atoms with Crippen LogP contribution in [0.5, 0.6) is 5.75 Å². The van der Waals surface area contributed by atoms with Gasteiger partial charge in [-0.3, -0.25) is 9.78 Å². The minimum atomic E-state index is -4.80. The summed E-state index contributed by atoms with van der Waals surface area (Å²) in [5, 5.41) is 0. The first-order valence-electron chi connectivity index (χ1n) is 5.28. The van der Waals surface area contributed by atoms with Crippen molar-refractivity contribution in [3.05, 3.63) is 23.0 Å². The number of rotatable bonds is 4. The lowest BCUT2D eigenvalue weighted by Crippen LogP contribution is -2.20. The van der Waals surface area contributed by atoms with Gasteiger partial charge in [0.25, 0.3) is 0 Å². The molecule has 0 aliphatic heterocycles. The fourth-order valence-corrected chi connectivity index (χ4v) is 1.54. The molecule has 0 atom stereocenters. The molecule has 0 saturated heterocycles. The van der Waals surface area contributed by atoms with Crippen molar-refractivity contribution in [1.82, 2.24) is 4.98 Å². The summed E-state index contributed by atoms with van der Waals surface area (Å²) in [5.41, 5.74) is 6.29. The third-order valence-corrected chi connectivity index (χ3v) is 2.48. The Bertz CT molecular complexity index is 475. The molecule has 5 nitrogen and oxygen atoms in total. The number of aromatic nitrogens is 1. The van der Waals surface area contributed by atoms with E-state index in [1.54, 1.807) is 0 Å². The number of pyridine rings is 1. The minimum absolute atomic E-state index is 0.0553. The predicted molar refractivity (Wildman–Crippen MR) is 59.3 cm³/mol. The first-order chi connectivity index (χ1) is 8.78. The second-order valence-corrected chi connectivity index (χ2v) is 3.68. The SMILES string of the molecule is COC(=O)Cc1ncc(OC(F)(F)F)c(C)c1CN. The molecule has 19 heavy (non-hydrogen) atoms. The van der Waals surface area contributed by atoms with Gasteiger partial charge in [0.2, 0.25) is 0 Å². The van der Waals surface area contributed by atoms with E-state index >= 15 is 0 Å². The summed E-state index contributed by atoms with van der Waals surface area (Å²) in [6.45, 7) is 1.37. The van der Waals surface area contributed by atoms with Gasteiger partial charge >= 0.3 is 12.3 Å². The molecule has 8 heteroatoms. The van der Waals surface area contributed by atoms with Crippen molar-refractivity contribution in [2.24, 2.45) is 5.73 Å². The first kappa shape index (κ1) is 15.2. The molecule has 2 N–H and O–H groups in total. The Morgan fingerprint density at radius 3 is 2.58 bits per heavy atom. The van der Waals surface area contributed by atoms with E-state index in [0.717, 1.165) is 6.20 Å². The van der Waals surface area contributed by atoms with E-state index < -0.39 is 18.1 Å². The zero-order valence-electron chi connectivity index (χ0n) is 10.4. The summed E-state index contributed by atoms with van der Waals surface area (Å²) in [6.07, 6.45) is -4.04. The fourth-order valence-electron chi connectivity index (χ4n) is 1.54. The first-order valence-corrected chi connectivity index (χ1v) is 5.28. The number of alkyl halides is 3. The van der Waals surface area contributed by atoms with E-state index in [4.69, 9.17) is 5.73 Å². The second kappa shape index (κ2) is 5.87. The number of esters is 1. The fraction of sp³-hybridized carbons (Fsp3) is 0.455. The van der Waals surface area contributed by atoms with Crippen molar-refractivity contribution in [2.45, 2.75) is 26.3 Å². The Kier molecular flexibility index (Phi) is 4.71. The van der Waals surface area contributed by atoms with E-state index in [1.807, 2.05) is 0 Å². The van der Waals surface area contributed by atoms with E-state index in [-0.39, 0.29) is 24.2 Å². The quantitative estimate of drug-likeness (QED) is 0.844. The number of nitrogens with zero attached hydrogens (tertiary/aromatic N) is 1. The smallest absolute Gasteiger partial charge is 0.469 e. The monoisotopic (exact) mass is 278 g/mol. The number of hydrogen-bond donors (Lipinski definition) is 1. The summed E-state index contributed by atoms with van der Waals surface area (Å²) in [4.78, 5) is 14.9. The lowest BCUT2D eigenvalue weighted by Gasteiger charge is -2.15. The van der Waals surface area contributed by atoms with Gasteiger partial charge in [-0.2, -0.15) is 0 Å². The molecule has 1 aromatic heterocycles. The maximum atomic E-state index is 12.2. The number of carbonyl (C=O) groups excluding carboxylic acids is 1. The van der Waals surface area contributed by atoms with Crippen molar-refractivity contribution < 1.29 is 27.4 Å². The molecule has 106 valence electrons. The lowest BCUT2D eigenvalue weighted by atomic mass is 10.0. The Labute approximate surface area is 107 Å². The second-order valence-electron chi connectivity index (χ2n) is 3.68. The number of ether oxygens (including phenoxy) is 2. The van der Waals surface area contributed by atoms with Gasteiger partial charge < -0.3 is 15.2 Å². The van der Waals surface area contributed by atoms with Crippen LogP contribution in [0.2, 0.25) is 0 Å². The molecule has 0 aliphatic carbocycles. The van der Waals surface area contributed by atoms with Crippen molar-refractivity contribution in [2.75, 3.05) is 7.11 Å². The molecular weight excluding hydrogens is 265 g/mol. The van der Waals surface area contributed by atoms with Crippen LogP contribution in [0.1, 0.15) is 16.8 Å². The Morgan fingerprint density at radius 2 is 2.11 bits per heavy atom. The molecule has 0 aliphatic rings. The molecular formula is C11H13F3N2O3. The summed E-state index contributed by atoms with van der Waals surface area (Å²) in [5.74, 6) is -0.979. The van der Waals surface area contributed by atoms with E-state index in [0.29, 0.717) is 5.56 Å². The van der Waals surface area contributed by atoms with Gasteiger partial charge in [-0.25, -0.2) is 0 Å².